The summed E-state index contributed by atoms with van der Waals surface area (Å²) in [4.78, 5) is 10.9. The minimum Gasteiger partial charge on any atom is -0.300 e. The molecular weight excluding hydrogens is 156 g/mol. The Morgan fingerprint density at radius 2 is 2.25 bits per heavy atom. The zero-order valence-electron chi connectivity index (χ0n) is 7.48. The van der Waals surface area contributed by atoms with Crippen molar-refractivity contribution in [1.82, 2.24) is 20.2 Å². The lowest BCUT2D eigenvalue weighted by molar-refractivity contribution is -0.118. The molecule has 0 saturated carbocycles. The number of carbonyl (C=O) groups is 1. The Balaban J connectivity index is 2.79. The van der Waals surface area contributed by atoms with E-state index in [2.05, 4.69) is 15.5 Å². The van der Waals surface area contributed by atoms with Crippen LogP contribution in [0.15, 0.2) is 6.33 Å². The molecule has 0 spiro atoms. The van der Waals surface area contributed by atoms with Gasteiger partial charge in [0.15, 0.2) is 0 Å². The van der Waals surface area contributed by atoms with Crippen molar-refractivity contribution < 1.29 is 4.79 Å². The van der Waals surface area contributed by atoms with Crippen molar-refractivity contribution in [3.8, 4) is 0 Å². The van der Waals surface area contributed by atoms with E-state index in [1.807, 2.05) is 13.8 Å². The zero-order valence-corrected chi connectivity index (χ0v) is 7.48. The third kappa shape index (κ3) is 1.87. The molecule has 0 atom stereocenters. The van der Waals surface area contributed by atoms with Crippen LogP contribution in [-0.2, 0) is 10.3 Å². The first-order valence-corrected chi connectivity index (χ1v) is 3.75. The summed E-state index contributed by atoms with van der Waals surface area (Å²) >= 11 is 0. The number of rotatable bonds is 3. The van der Waals surface area contributed by atoms with Gasteiger partial charge in [0.25, 0.3) is 0 Å². The molecule has 0 bridgehead atoms. The molecule has 5 heteroatoms. The van der Waals surface area contributed by atoms with Gasteiger partial charge in [-0.05, 0) is 31.2 Å². The van der Waals surface area contributed by atoms with Crippen LogP contribution in [-0.4, -0.2) is 26.0 Å². The van der Waals surface area contributed by atoms with Crippen molar-refractivity contribution in [2.45, 2.75) is 32.7 Å². The normalized spacial score (nSPS) is 11.6. The van der Waals surface area contributed by atoms with Gasteiger partial charge in [0.1, 0.15) is 12.1 Å². The second kappa shape index (κ2) is 3.00. The zero-order chi connectivity index (χ0) is 9.19. The van der Waals surface area contributed by atoms with E-state index in [1.54, 1.807) is 11.6 Å². The van der Waals surface area contributed by atoms with Crippen LogP contribution in [0.25, 0.3) is 0 Å². The lowest BCUT2D eigenvalue weighted by Crippen LogP contribution is -2.29. The van der Waals surface area contributed by atoms with Gasteiger partial charge in [-0.2, -0.15) is 0 Å². The number of hydrogen-bond acceptors (Lipinski definition) is 4. The van der Waals surface area contributed by atoms with E-state index in [4.69, 9.17) is 0 Å². The van der Waals surface area contributed by atoms with Crippen molar-refractivity contribution in [3.05, 3.63) is 6.33 Å². The number of nitrogens with zero attached hydrogens (tertiary/aromatic N) is 4. The average molecular weight is 168 g/mol. The van der Waals surface area contributed by atoms with Crippen molar-refractivity contribution in [1.29, 1.82) is 0 Å². The minimum atomic E-state index is -0.324. The van der Waals surface area contributed by atoms with Gasteiger partial charge < -0.3 is 0 Å². The highest BCUT2D eigenvalue weighted by Crippen LogP contribution is 2.17. The predicted octanol–water partition coefficient (Wildman–Crippen LogP) is 0.387. The number of Topliss-reactive ketones (excluding diaryl/α,β-unsaturated/α-hetero) is 1. The molecule has 0 aliphatic carbocycles. The molecule has 1 aromatic heterocycles. The van der Waals surface area contributed by atoms with Crippen LogP contribution >= 0.6 is 0 Å². The highest BCUT2D eigenvalue weighted by atomic mass is 16.1. The van der Waals surface area contributed by atoms with E-state index >= 15 is 0 Å². The maximum Gasteiger partial charge on any atom is 0.138 e. The largest absolute Gasteiger partial charge is 0.300 e. The van der Waals surface area contributed by atoms with Crippen molar-refractivity contribution in [2.24, 2.45) is 0 Å². The molecule has 1 rings (SSSR count). The summed E-state index contributed by atoms with van der Waals surface area (Å²) in [5, 5.41) is 10.8. The number of ketones is 1. The number of aromatic nitrogens is 4. The maximum atomic E-state index is 10.9. The smallest absolute Gasteiger partial charge is 0.138 e. The summed E-state index contributed by atoms with van der Waals surface area (Å²) in [6.45, 7) is 5.40. The lowest BCUT2D eigenvalue weighted by atomic mass is 9.99. The molecule has 0 amide bonds. The topological polar surface area (TPSA) is 60.7 Å². The quantitative estimate of drug-likeness (QED) is 0.655. The molecule has 0 unspecified atom stereocenters. The minimum absolute atomic E-state index is 0.135. The Morgan fingerprint density at radius 3 is 2.67 bits per heavy atom. The van der Waals surface area contributed by atoms with Crippen LogP contribution in [0.4, 0.5) is 0 Å². The number of tetrazole rings is 1. The van der Waals surface area contributed by atoms with E-state index in [0.29, 0.717) is 6.42 Å². The molecule has 0 saturated heterocycles. The van der Waals surface area contributed by atoms with Crippen molar-refractivity contribution in [3.63, 3.8) is 0 Å². The first-order chi connectivity index (χ1) is 5.52. The van der Waals surface area contributed by atoms with Crippen LogP contribution in [0.1, 0.15) is 27.2 Å². The van der Waals surface area contributed by atoms with Crippen LogP contribution < -0.4 is 0 Å². The Morgan fingerprint density at radius 1 is 1.58 bits per heavy atom. The van der Waals surface area contributed by atoms with Gasteiger partial charge in [0.2, 0.25) is 0 Å². The summed E-state index contributed by atoms with van der Waals surface area (Å²) in [6.07, 6.45) is 1.96. The third-order valence-electron chi connectivity index (χ3n) is 1.65. The Labute approximate surface area is 70.8 Å². The summed E-state index contributed by atoms with van der Waals surface area (Å²) in [5.74, 6) is 0.135. The van der Waals surface area contributed by atoms with E-state index in [0.717, 1.165) is 0 Å². The molecule has 0 radical (unpaired) electrons. The Kier molecular flexibility index (Phi) is 2.21. The molecule has 0 N–H and O–H groups in total. The SMILES string of the molecule is CC(=O)CC(C)(C)n1cnnn1. The summed E-state index contributed by atoms with van der Waals surface area (Å²) in [6, 6.07) is 0. The summed E-state index contributed by atoms with van der Waals surface area (Å²) in [7, 11) is 0. The van der Waals surface area contributed by atoms with Gasteiger partial charge in [0, 0.05) is 6.42 Å². The monoisotopic (exact) mass is 168 g/mol. The molecule has 1 heterocycles. The van der Waals surface area contributed by atoms with Gasteiger partial charge in [-0.25, -0.2) is 4.68 Å². The second-order valence-corrected chi connectivity index (χ2v) is 3.45. The fourth-order valence-electron chi connectivity index (χ4n) is 1.13. The van der Waals surface area contributed by atoms with Gasteiger partial charge in [-0.3, -0.25) is 4.79 Å². The van der Waals surface area contributed by atoms with Gasteiger partial charge in [-0.15, -0.1) is 5.10 Å². The molecule has 0 aliphatic rings. The van der Waals surface area contributed by atoms with E-state index in [9.17, 15) is 4.79 Å². The first-order valence-electron chi connectivity index (χ1n) is 3.75. The molecule has 0 aromatic carbocycles. The standard InChI is InChI=1S/C7H12N4O/c1-6(12)4-7(2,3)11-5-8-9-10-11/h5H,4H2,1-3H3. The molecule has 1 aromatic rings. The summed E-state index contributed by atoms with van der Waals surface area (Å²) < 4.78 is 1.59. The fourth-order valence-corrected chi connectivity index (χ4v) is 1.13. The predicted molar refractivity (Wildman–Crippen MR) is 42.4 cm³/mol. The first kappa shape index (κ1) is 8.83. The highest BCUT2D eigenvalue weighted by Gasteiger charge is 2.23. The molecule has 12 heavy (non-hydrogen) atoms. The Hall–Kier alpha value is -1.26. The van der Waals surface area contributed by atoms with Crippen LogP contribution in [0, 0.1) is 0 Å². The number of hydrogen-bond donors (Lipinski definition) is 0. The highest BCUT2D eigenvalue weighted by molar-refractivity contribution is 5.76. The van der Waals surface area contributed by atoms with E-state index < -0.39 is 0 Å². The molecule has 0 aliphatic heterocycles. The third-order valence-corrected chi connectivity index (χ3v) is 1.65. The van der Waals surface area contributed by atoms with E-state index in [1.165, 1.54) is 6.33 Å². The lowest BCUT2D eigenvalue weighted by Gasteiger charge is -2.21. The summed E-state index contributed by atoms with van der Waals surface area (Å²) in [5.41, 5.74) is -0.324. The van der Waals surface area contributed by atoms with Crippen molar-refractivity contribution >= 4 is 5.78 Å². The molecule has 0 fully saturated rings. The molecule has 5 nitrogen and oxygen atoms in total. The fraction of sp³-hybridized carbons (Fsp3) is 0.714. The van der Waals surface area contributed by atoms with Crippen molar-refractivity contribution in [2.75, 3.05) is 0 Å². The van der Waals surface area contributed by atoms with Gasteiger partial charge in [0.05, 0.1) is 5.54 Å². The number of carbonyl (C=O) groups excluding carboxylic acids is 1. The van der Waals surface area contributed by atoms with Crippen LogP contribution in [0.2, 0.25) is 0 Å². The van der Waals surface area contributed by atoms with Crippen LogP contribution in [0.5, 0.6) is 0 Å². The van der Waals surface area contributed by atoms with E-state index in [-0.39, 0.29) is 11.3 Å². The second-order valence-electron chi connectivity index (χ2n) is 3.45. The van der Waals surface area contributed by atoms with Gasteiger partial charge >= 0.3 is 0 Å². The molecule has 66 valence electrons. The maximum absolute atomic E-state index is 10.9. The van der Waals surface area contributed by atoms with Crippen LogP contribution in [0.3, 0.4) is 0 Å². The Bertz CT molecular complexity index is 265. The average Bonchev–Trinajstić information content (AvgIpc) is 2.32. The van der Waals surface area contributed by atoms with Gasteiger partial charge in [-0.1, -0.05) is 0 Å². The molecular formula is C7H12N4O.